The van der Waals surface area contributed by atoms with Crippen molar-refractivity contribution in [3.8, 4) is 0 Å². The first-order chi connectivity index (χ1) is 3.77. The Morgan fingerprint density at radius 2 is 2.38 bits per heavy atom. The van der Waals surface area contributed by atoms with Crippen LogP contribution in [0.4, 0.5) is 0 Å². The van der Waals surface area contributed by atoms with E-state index in [1.165, 1.54) is 12.4 Å². The van der Waals surface area contributed by atoms with Crippen LogP contribution in [0.3, 0.4) is 0 Å². The maximum atomic E-state index is 9.96. The first kappa shape index (κ1) is 6.81. The smallest absolute Gasteiger partial charge is 0.236 e. The molecule has 5 N–H and O–H groups in total. The minimum absolute atomic E-state index is 0.133. The van der Waals surface area contributed by atoms with Crippen molar-refractivity contribution in [2.75, 3.05) is 6.54 Å². The van der Waals surface area contributed by atoms with Crippen molar-refractivity contribution in [1.29, 1.82) is 0 Å². The topological polar surface area (TPSA) is 81.1 Å². The van der Waals surface area contributed by atoms with Crippen molar-refractivity contribution in [3.05, 3.63) is 12.4 Å². The molecule has 0 aromatic rings. The van der Waals surface area contributed by atoms with Gasteiger partial charge in [0.15, 0.2) is 0 Å². The summed E-state index contributed by atoms with van der Waals surface area (Å²) in [4.78, 5) is 9.96. The van der Waals surface area contributed by atoms with E-state index in [-0.39, 0.29) is 6.54 Å². The normalized spacial score (nSPS) is 9.50. The molecule has 0 bridgehead atoms. The molecule has 0 aliphatic carbocycles. The number of nitrogens with two attached hydrogens (primary N) is 2. The van der Waals surface area contributed by atoms with E-state index in [0.29, 0.717) is 0 Å². The standard InChI is InChI=1S/C4H9N3O/c5-1-2-7-3-4(6)8/h1-2,7H,3,5H2,(H2,6,8)/b2-1-. The summed E-state index contributed by atoms with van der Waals surface area (Å²) in [6.07, 6.45) is 2.74. The lowest BCUT2D eigenvalue weighted by molar-refractivity contribution is -0.117. The number of primary amides is 1. The number of rotatable bonds is 3. The summed E-state index contributed by atoms with van der Waals surface area (Å²) < 4.78 is 0. The molecule has 0 aliphatic rings. The number of hydrogen-bond donors (Lipinski definition) is 3. The van der Waals surface area contributed by atoms with E-state index in [1.807, 2.05) is 0 Å². The lowest BCUT2D eigenvalue weighted by Crippen LogP contribution is -2.24. The molecule has 0 fully saturated rings. The predicted octanol–water partition coefficient (Wildman–Crippen LogP) is -1.51. The third-order valence-corrected chi connectivity index (χ3v) is 0.490. The second-order valence-electron chi connectivity index (χ2n) is 1.21. The van der Waals surface area contributed by atoms with Gasteiger partial charge in [-0.1, -0.05) is 0 Å². The zero-order valence-electron chi connectivity index (χ0n) is 4.42. The first-order valence-electron chi connectivity index (χ1n) is 2.16. The van der Waals surface area contributed by atoms with Crippen LogP contribution in [-0.4, -0.2) is 12.5 Å². The van der Waals surface area contributed by atoms with E-state index in [0.717, 1.165) is 0 Å². The van der Waals surface area contributed by atoms with Crippen LogP contribution < -0.4 is 16.8 Å². The monoisotopic (exact) mass is 115 g/mol. The summed E-state index contributed by atoms with van der Waals surface area (Å²) in [5.41, 5.74) is 9.68. The van der Waals surface area contributed by atoms with Gasteiger partial charge in [-0.2, -0.15) is 0 Å². The molecule has 8 heavy (non-hydrogen) atoms. The van der Waals surface area contributed by atoms with E-state index < -0.39 is 5.91 Å². The molecule has 4 heteroatoms. The first-order valence-corrected chi connectivity index (χ1v) is 2.16. The Kier molecular flexibility index (Phi) is 3.39. The maximum absolute atomic E-state index is 9.96. The minimum atomic E-state index is -0.400. The fraction of sp³-hybridized carbons (Fsp3) is 0.250. The van der Waals surface area contributed by atoms with Crippen LogP contribution in [0.25, 0.3) is 0 Å². The van der Waals surface area contributed by atoms with Crippen LogP contribution in [0.1, 0.15) is 0 Å². The largest absolute Gasteiger partial charge is 0.403 e. The van der Waals surface area contributed by atoms with Crippen molar-refractivity contribution in [2.45, 2.75) is 0 Å². The Balaban J connectivity index is 3.05. The Labute approximate surface area is 47.5 Å². The van der Waals surface area contributed by atoms with Crippen LogP contribution in [-0.2, 0) is 4.79 Å². The molecule has 0 aromatic heterocycles. The van der Waals surface area contributed by atoms with Gasteiger partial charge >= 0.3 is 0 Å². The van der Waals surface area contributed by atoms with Gasteiger partial charge in [-0.15, -0.1) is 0 Å². The second-order valence-corrected chi connectivity index (χ2v) is 1.21. The zero-order valence-corrected chi connectivity index (χ0v) is 4.42. The third kappa shape index (κ3) is 4.81. The van der Waals surface area contributed by atoms with E-state index in [2.05, 4.69) is 5.32 Å². The van der Waals surface area contributed by atoms with Gasteiger partial charge in [0.2, 0.25) is 5.91 Å². The molecule has 0 saturated carbocycles. The molecule has 0 rings (SSSR count). The molecule has 0 atom stereocenters. The van der Waals surface area contributed by atoms with E-state index in [4.69, 9.17) is 11.5 Å². The molecule has 0 saturated heterocycles. The van der Waals surface area contributed by atoms with Crippen molar-refractivity contribution in [2.24, 2.45) is 11.5 Å². The average Bonchev–Trinajstić information content (AvgIpc) is 1.66. The SMILES string of the molecule is N/C=C\NCC(N)=O. The summed E-state index contributed by atoms with van der Waals surface area (Å²) in [5.74, 6) is -0.400. The quantitative estimate of drug-likeness (QED) is 0.418. The van der Waals surface area contributed by atoms with Crippen molar-refractivity contribution >= 4 is 5.91 Å². The molecule has 0 aromatic carbocycles. The maximum Gasteiger partial charge on any atom is 0.236 e. The summed E-state index contributed by atoms with van der Waals surface area (Å²) >= 11 is 0. The molecule has 0 spiro atoms. The lowest BCUT2D eigenvalue weighted by atomic mass is 10.6. The molecular formula is C4H9N3O. The van der Waals surface area contributed by atoms with Gasteiger partial charge < -0.3 is 16.8 Å². The fourth-order valence-corrected chi connectivity index (χ4v) is 0.228. The average molecular weight is 115 g/mol. The van der Waals surface area contributed by atoms with Crippen LogP contribution in [0.2, 0.25) is 0 Å². The molecule has 0 aliphatic heterocycles. The summed E-state index contributed by atoms with van der Waals surface area (Å²) in [7, 11) is 0. The molecule has 4 nitrogen and oxygen atoms in total. The van der Waals surface area contributed by atoms with Crippen LogP contribution >= 0.6 is 0 Å². The molecule has 46 valence electrons. The Hall–Kier alpha value is -1.19. The highest BCUT2D eigenvalue weighted by molar-refractivity contribution is 5.75. The van der Waals surface area contributed by atoms with E-state index in [9.17, 15) is 4.79 Å². The lowest BCUT2D eigenvalue weighted by Gasteiger charge is -1.90. The highest BCUT2D eigenvalue weighted by atomic mass is 16.1. The molecule has 0 unspecified atom stereocenters. The highest BCUT2D eigenvalue weighted by Gasteiger charge is 1.84. The summed E-state index contributed by atoms with van der Waals surface area (Å²) in [5, 5.41) is 2.55. The molecular weight excluding hydrogens is 106 g/mol. The van der Waals surface area contributed by atoms with Gasteiger partial charge in [0, 0.05) is 12.4 Å². The van der Waals surface area contributed by atoms with Crippen LogP contribution in [0.15, 0.2) is 12.4 Å². The van der Waals surface area contributed by atoms with E-state index >= 15 is 0 Å². The van der Waals surface area contributed by atoms with Crippen LogP contribution in [0, 0.1) is 0 Å². The van der Waals surface area contributed by atoms with Gasteiger partial charge in [0.1, 0.15) is 0 Å². The number of hydrogen-bond acceptors (Lipinski definition) is 3. The van der Waals surface area contributed by atoms with Gasteiger partial charge in [0.05, 0.1) is 6.54 Å². The summed E-state index contributed by atoms with van der Waals surface area (Å²) in [6.45, 7) is 0.133. The van der Waals surface area contributed by atoms with E-state index in [1.54, 1.807) is 0 Å². The summed E-state index contributed by atoms with van der Waals surface area (Å²) in [6, 6.07) is 0. The number of carbonyl (C=O) groups is 1. The Morgan fingerprint density at radius 3 is 2.75 bits per heavy atom. The predicted molar refractivity (Wildman–Crippen MR) is 30.5 cm³/mol. The van der Waals surface area contributed by atoms with Crippen molar-refractivity contribution < 1.29 is 4.79 Å². The fourth-order valence-electron chi connectivity index (χ4n) is 0.228. The van der Waals surface area contributed by atoms with Crippen molar-refractivity contribution in [3.63, 3.8) is 0 Å². The Bertz CT molecular complexity index is 99.5. The number of nitrogens with one attached hydrogen (secondary N) is 1. The van der Waals surface area contributed by atoms with Gasteiger partial charge in [0.25, 0.3) is 0 Å². The third-order valence-electron chi connectivity index (χ3n) is 0.490. The Morgan fingerprint density at radius 1 is 1.75 bits per heavy atom. The molecule has 0 radical (unpaired) electrons. The second kappa shape index (κ2) is 3.98. The van der Waals surface area contributed by atoms with Crippen molar-refractivity contribution in [1.82, 2.24) is 5.32 Å². The molecule has 1 amide bonds. The van der Waals surface area contributed by atoms with Gasteiger partial charge in [-0.3, -0.25) is 4.79 Å². The highest BCUT2D eigenvalue weighted by Crippen LogP contribution is 1.55. The minimum Gasteiger partial charge on any atom is -0.403 e. The van der Waals surface area contributed by atoms with Gasteiger partial charge in [-0.25, -0.2) is 0 Å². The number of amides is 1. The zero-order chi connectivity index (χ0) is 6.41. The van der Waals surface area contributed by atoms with Gasteiger partial charge in [-0.05, 0) is 0 Å². The van der Waals surface area contributed by atoms with Crippen LogP contribution in [0.5, 0.6) is 0 Å². The molecule has 0 heterocycles. The number of carbonyl (C=O) groups excluding carboxylic acids is 1.